The van der Waals surface area contributed by atoms with Crippen molar-refractivity contribution in [3.8, 4) is 0 Å². The van der Waals surface area contributed by atoms with Gasteiger partial charge >= 0.3 is 5.69 Å². The fraction of sp³-hybridized carbons (Fsp3) is 0. The molecule has 1 aromatic carbocycles. The van der Waals surface area contributed by atoms with Gasteiger partial charge in [-0.25, -0.2) is 4.79 Å². The maximum atomic E-state index is 11.1. The zero-order valence-corrected chi connectivity index (χ0v) is 10.0. The van der Waals surface area contributed by atoms with Crippen LogP contribution in [0.4, 0.5) is 11.5 Å². The highest BCUT2D eigenvalue weighted by molar-refractivity contribution is 7.80. The molecule has 0 aliphatic carbocycles. The van der Waals surface area contributed by atoms with E-state index < -0.39 is 11.2 Å². The summed E-state index contributed by atoms with van der Waals surface area (Å²) in [7, 11) is 0. The minimum absolute atomic E-state index is 0.234. The first-order valence-corrected chi connectivity index (χ1v) is 5.51. The first-order valence-electron chi connectivity index (χ1n) is 5.10. The van der Waals surface area contributed by atoms with Gasteiger partial charge in [-0.1, -0.05) is 18.2 Å². The van der Waals surface area contributed by atoms with E-state index in [0.29, 0.717) is 0 Å². The minimum atomic E-state index is -0.590. The average Bonchev–Trinajstić information content (AvgIpc) is 2.28. The molecule has 6 nitrogen and oxygen atoms in total. The third-order valence-electron chi connectivity index (χ3n) is 2.04. The van der Waals surface area contributed by atoms with Crippen molar-refractivity contribution in [3.63, 3.8) is 0 Å². The molecule has 2 aromatic rings. The molecule has 0 aliphatic heterocycles. The standard InChI is InChI=1S/C11H10N4O2S/c16-9-6-8(13-10(17)15-9)14-11(18)12-7-4-2-1-3-5-7/h1-6H,(H4,12,13,14,15,16,17,18). The van der Waals surface area contributed by atoms with Crippen LogP contribution >= 0.6 is 12.2 Å². The van der Waals surface area contributed by atoms with Gasteiger partial charge in [-0.15, -0.1) is 0 Å². The van der Waals surface area contributed by atoms with Gasteiger partial charge in [-0.3, -0.25) is 14.8 Å². The largest absolute Gasteiger partial charge is 0.332 e. The van der Waals surface area contributed by atoms with E-state index in [2.05, 4.69) is 20.6 Å². The van der Waals surface area contributed by atoms with Crippen LogP contribution in [0.25, 0.3) is 0 Å². The Balaban J connectivity index is 2.08. The van der Waals surface area contributed by atoms with E-state index in [4.69, 9.17) is 12.2 Å². The Kier molecular flexibility index (Phi) is 3.54. The van der Waals surface area contributed by atoms with Gasteiger partial charge in [-0.05, 0) is 24.4 Å². The summed E-state index contributed by atoms with van der Waals surface area (Å²) in [5, 5.41) is 5.91. The number of rotatable bonds is 2. The molecular formula is C11H10N4O2S. The van der Waals surface area contributed by atoms with Gasteiger partial charge in [0.25, 0.3) is 5.56 Å². The predicted octanol–water partition coefficient (Wildman–Crippen LogP) is 0.872. The lowest BCUT2D eigenvalue weighted by Crippen LogP contribution is -2.26. The molecule has 4 N–H and O–H groups in total. The van der Waals surface area contributed by atoms with Crippen LogP contribution in [0.3, 0.4) is 0 Å². The molecule has 0 fully saturated rings. The minimum Gasteiger partial charge on any atom is -0.332 e. The topological polar surface area (TPSA) is 89.8 Å². The summed E-state index contributed by atoms with van der Waals surface area (Å²) >= 11 is 5.05. The second-order valence-electron chi connectivity index (χ2n) is 3.45. The summed E-state index contributed by atoms with van der Waals surface area (Å²) in [6.07, 6.45) is 0. The van der Waals surface area contributed by atoms with Gasteiger partial charge in [0.15, 0.2) is 5.11 Å². The fourth-order valence-electron chi connectivity index (χ4n) is 1.34. The molecule has 0 spiro atoms. The Bertz CT molecular complexity index is 634. The Hall–Kier alpha value is -2.41. The van der Waals surface area contributed by atoms with Crippen molar-refractivity contribution in [3.05, 3.63) is 57.2 Å². The summed E-state index contributed by atoms with van der Waals surface area (Å²) in [6.45, 7) is 0. The van der Waals surface area contributed by atoms with Gasteiger partial charge in [0.1, 0.15) is 5.82 Å². The lowest BCUT2D eigenvalue weighted by molar-refractivity contribution is 1.04. The number of aromatic nitrogens is 2. The van der Waals surface area contributed by atoms with Crippen molar-refractivity contribution in [2.75, 3.05) is 10.6 Å². The summed E-state index contributed by atoms with van der Waals surface area (Å²) < 4.78 is 0. The lowest BCUT2D eigenvalue weighted by Gasteiger charge is -2.09. The number of nitrogens with one attached hydrogen (secondary N) is 4. The summed E-state index contributed by atoms with van der Waals surface area (Å²) in [4.78, 5) is 26.6. The predicted molar refractivity (Wildman–Crippen MR) is 74.0 cm³/mol. The zero-order chi connectivity index (χ0) is 13.0. The highest BCUT2D eigenvalue weighted by Crippen LogP contribution is 2.05. The molecule has 1 heterocycles. The normalized spacial score (nSPS) is 9.78. The molecule has 1 aromatic heterocycles. The van der Waals surface area contributed by atoms with Crippen LogP contribution in [-0.4, -0.2) is 15.1 Å². The fourth-order valence-corrected chi connectivity index (χ4v) is 1.57. The second-order valence-corrected chi connectivity index (χ2v) is 3.85. The van der Waals surface area contributed by atoms with Gasteiger partial charge in [0.05, 0.1) is 0 Å². The number of H-pyrrole nitrogens is 2. The van der Waals surface area contributed by atoms with E-state index in [1.165, 1.54) is 6.07 Å². The molecule has 2 rings (SSSR count). The van der Waals surface area contributed by atoms with Crippen LogP contribution in [0.1, 0.15) is 0 Å². The number of aromatic amines is 2. The van der Waals surface area contributed by atoms with Crippen LogP contribution in [0, 0.1) is 0 Å². The highest BCUT2D eigenvalue weighted by atomic mass is 32.1. The first-order chi connectivity index (χ1) is 8.63. The summed E-state index contributed by atoms with van der Waals surface area (Å²) in [6, 6.07) is 10.5. The molecule has 0 saturated heterocycles. The Labute approximate surface area is 107 Å². The summed E-state index contributed by atoms with van der Waals surface area (Å²) in [5.74, 6) is 0.234. The Morgan fingerprint density at radius 3 is 2.44 bits per heavy atom. The highest BCUT2D eigenvalue weighted by Gasteiger charge is 2.00. The molecule has 18 heavy (non-hydrogen) atoms. The van der Waals surface area contributed by atoms with Crippen molar-refractivity contribution in [1.82, 2.24) is 9.97 Å². The van der Waals surface area contributed by atoms with E-state index in [1.54, 1.807) is 0 Å². The number of hydrogen-bond donors (Lipinski definition) is 4. The average molecular weight is 262 g/mol. The Morgan fingerprint density at radius 2 is 1.78 bits per heavy atom. The number of thiocarbonyl (C=S) groups is 1. The molecule has 0 amide bonds. The SMILES string of the molecule is O=c1cc(NC(=S)Nc2ccccc2)[nH]c(=O)[nH]1. The Morgan fingerprint density at radius 1 is 1.06 bits per heavy atom. The molecule has 0 aliphatic rings. The van der Waals surface area contributed by atoms with Crippen LogP contribution in [0.2, 0.25) is 0 Å². The third-order valence-corrected chi connectivity index (χ3v) is 2.24. The van der Waals surface area contributed by atoms with Gasteiger partial charge < -0.3 is 10.6 Å². The van der Waals surface area contributed by atoms with Crippen LogP contribution in [-0.2, 0) is 0 Å². The smallest absolute Gasteiger partial charge is 0.327 e. The van der Waals surface area contributed by atoms with Crippen molar-refractivity contribution >= 4 is 28.8 Å². The number of benzene rings is 1. The van der Waals surface area contributed by atoms with E-state index in [9.17, 15) is 9.59 Å². The van der Waals surface area contributed by atoms with Crippen LogP contribution in [0.5, 0.6) is 0 Å². The van der Waals surface area contributed by atoms with E-state index in [-0.39, 0.29) is 10.9 Å². The van der Waals surface area contributed by atoms with Crippen molar-refractivity contribution in [2.24, 2.45) is 0 Å². The van der Waals surface area contributed by atoms with Crippen molar-refractivity contribution < 1.29 is 0 Å². The van der Waals surface area contributed by atoms with Gasteiger partial charge in [0, 0.05) is 11.8 Å². The number of para-hydroxylation sites is 1. The molecule has 0 unspecified atom stereocenters. The van der Waals surface area contributed by atoms with Gasteiger partial charge in [0.2, 0.25) is 0 Å². The third kappa shape index (κ3) is 3.29. The number of anilines is 2. The maximum absolute atomic E-state index is 11.1. The molecule has 0 atom stereocenters. The first kappa shape index (κ1) is 12.1. The molecule has 0 saturated carbocycles. The van der Waals surface area contributed by atoms with Crippen LogP contribution in [0.15, 0.2) is 46.0 Å². The molecule has 7 heteroatoms. The monoisotopic (exact) mass is 262 g/mol. The van der Waals surface area contributed by atoms with Gasteiger partial charge in [-0.2, -0.15) is 0 Å². The molecule has 0 bridgehead atoms. The quantitative estimate of drug-likeness (QED) is 0.603. The zero-order valence-electron chi connectivity index (χ0n) is 9.19. The second kappa shape index (κ2) is 5.28. The van der Waals surface area contributed by atoms with Crippen molar-refractivity contribution in [2.45, 2.75) is 0 Å². The lowest BCUT2D eigenvalue weighted by atomic mass is 10.3. The van der Waals surface area contributed by atoms with Crippen molar-refractivity contribution in [1.29, 1.82) is 0 Å². The number of hydrogen-bond acceptors (Lipinski definition) is 3. The van der Waals surface area contributed by atoms with E-state index >= 15 is 0 Å². The van der Waals surface area contributed by atoms with E-state index in [0.717, 1.165) is 5.69 Å². The summed E-state index contributed by atoms with van der Waals surface area (Å²) in [5.41, 5.74) is -0.279. The molecule has 92 valence electrons. The maximum Gasteiger partial charge on any atom is 0.327 e. The molecule has 0 radical (unpaired) electrons. The van der Waals surface area contributed by atoms with Crippen LogP contribution < -0.4 is 21.9 Å². The van der Waals surface area contributed by atoms with E-state index in [1.807, 2.05) is 30.3 Å². The molecular weight excluding hydrogens is 252 g/mol.